The molecule has 0 nitrogen and oxygen atoms in total. The molecule has 2 rings (SSSR count). The van der Waals surface area contributed by atoms with Crippen molar-refractivity contribution in [1.82, 2.24) is 0 Å². The lowest BCUT2D eigenvalue weighted by Crippen LogP contribution is -2.11. The zero-order valence-corrected chi connectivity index (χ0v) is 12.6. The summed E-state index contributed by atoms with van der Waals surface area (Å²) in [7, 11) is 0. The van der Waals surface area contributed by atoms with Crippen molar-refractivity contribution >= 4 is 15.9 Å². The van der Waals surface area contributed by atoms with E-state index in [9.17, 15) is 4.39 Å². The second-order valence-corrected chi connectivity index (χ2v) is 7.15. The third kappa shape index (κ3) is 2.42. The molecule has 2 heteroatoms. The molecule has 94 valence electrons. The van der Waals surface area contributed by atoms with Crippen molar-refractivity contribution in [2.75, 3.05) is 0 Å². The number of alkyl halides is 1. The number of hydrogen-bond donors (Lipinski definition) is 0. The number of rotatable bonds is 0. The molecule has 1 aromatic rings. The summed E-state index contributed by atoms with van der Waals surface area (Å²) in [6, 6.07) is 2.04. The predicted octanol–water partition coefficient (Wildman–Crippen LogP) is 5.24. The monoisotopic (exact) mass is 298 g/mol. The summed E-state index contributed by atoms with van der Waals surface area (Å²) in [6.45, 7) is 8.37. The summed E-state index contributed by atoms with van der Waals surface area (Å²) in [5.74, 6) is -0.0343. The van der Waals surface area contributed by atoms with Crippen molar-refractivity contribution in [2.24, 2.45) is 5.41 Å². The molecule has 0 N–H and O–H groups in total. The SMILES string of the molecule is Cc1cc2c(c(C)c1F)C(Br)CC(C)(C)CC2. The number of benzene rings is 1. The predicted molar refractivity (Wildman–Crippen MR) is 74.3 cm³/mol. The van der Waals surface area contributed by atoms with Crippen LogP contribution >= 0.6 is 15.9 Å². The molecule has 0 aromatic heterocycles. The second kappa shape index (κ2) is 4.38. The van der Waals surface area contributed by atoms with E-state index in [4.69, 9.17) is 0 Å². The van der Waals surface area contributed by atoms with E-state index in [1.165, 1.54) is 17.5 Å². The summed E-state index contributed by atoms with van der Waals surface area (Å²) in [4.78, 5) is 0.282. The fraction of sp³-hybridized carbons (Fsp3) is 0.600. The average Bonchev–Trinajstić information content (AvgIpc) is 2.32. The van der Waals surface area contributed by atoms with E-state index >= 15 is 0 Å². The van der Waals surface area contributed by atoms with Gasteiger partial charge in [-0.15, -0.1) is 0 Å². The molecule has 0 amide bonds. The van der Waals surface area contributed by atoms with Crippen LogP contribution in [0.4, 0.5) is 4.39 Å². The standard InChI is InChI=1S/C15H20BrF/c1-9-7-11-5-6-15(3,4)8-12(16)13(11)10(2)14(9)17/h7,12H,5-6,8H2,1-4H3. The third-order valence-corrected chi connectivity index (χ3v) is 4.71. The maximum atomic E-state index is 14.0. The van der Waals surface area contributed by atoms with Crippen LogP contribution in [0.15, 0.2) is 6.07 Å². The third-order valence-electron chi connectivity index (χ3n) is 3.93. The van der Waals surface area contributed by atoms with E-state index in [1.807, 2.05) is 19.9 Å². The van der Waals surface area contributed by atoms with Gasteiger partial charge in [0.1, 0.15) is 5.82 Å². The summed E-state index contributed by atoms with van der Waals surface area (Å²) in [6.07, 6.45) is 3.31. The fourth-order valence-corrected chi connectivity index (χ4v) is 4.38. The highest BCUT2D eigenvalue weighted by atomic mass is 79.9. The summed E-state index contributed by atoms with van der Waals surface area (Å²) in [5, 5.41) is 0. The van der Waals surface area contributed by atoms with Crippen LogP contribution in [-0.4, -0.2) is 0 Å². The molecule has 0 saturated carbocycles. The van der Waals surface area contributed by atoms with Crippen LogP contribution in [0.5, 0.6) is 0 Å². The minimum absolute atomic E-state index is 0.0343. The average molecular weight is 299 g/mol. The normalized spacial score (nSPS) is 23.1. The molecule has 1 aromatic carbocycles. The van der Waals surface area contributed by atoms with Gasteiger partial charge in [0.25, 0.3) is 0 Å². The Kier molecular flexibility index (Phi) is 3.37. The van der Waals surface area contributed by atoms with E-state index in [2.05, 4.69) is 29.8 Å². The van der Waals surface area contributed by atoms with Gasteiger partial charge in [-0.3, -0.25) is 0 Å². The number of halogens is 2. The molecule has 0 radical (unpaired) electrons. The highest BCUT2D eigenvalue weighted by Gasteiger charge is 2.30. The van der Waals surface area contributed by atoms with Crippen LogP contribution in [0.2, 0.25) is 0 Å². The van der Waals surface area contributed by atoms with Gasteiger partial charge in [-0.1, -0.05) is 35.8 Å². The Balaban J connectivity index is 2.56. The lowest BCUT2D eigenvalue weighted by atomic mass is 9.84. The van der Waals surface area contributed by atoms with Gasteiger partial charge in [-0.2, -0.15) is 0 Å². The first-order valence-electron chi connectivity index (χ1n) is 6.24. The van der Waals surface area contributed by atoms with Crippen molar-refractivity contribution in [3.05, 3.63) is 34.1 Å². The quantitative estimate of drug-likeness (QED) is 0.454. The molecule has 0 fully saturated rings. The van der Waals surface area contributed by atoms with Gasteiger partial charge in [-0.05, 0) is 60.8 Å². The van der Waals surface area contributed by atoms with Gasteiger partial charge in [0.2, 0.25) is 0 Å². The Bertz CT molecular complexity index is 449. The molecule has 1 atom stereocenters. The van der Waals surface area contributed by atoms with Gasteiger partial charge in [0.05, 0.1) is 0 Å². The van der Waals surface area contributed by atoms with E-state index < -0.39 is 0 Å². The van der Waals surface area contributed by atoms with Gasteiger partial charge >= 0.3 is 0 Å². The Hall–Kier alpha value is -0.370. The van der Waals surface area contributed by atoms with Crippen LogP contribution in [-0.2, 0) is 6.42 Å². The lowest BCUT2D eigenvalue weighted by molar-refractivity contribution is 0.316. The van der Waals surface area contributed by atoms with Crippen molar-refractivity contribution in [3.8, 4) is 0 Å². The minimum atomic E-state index is -0.0343. The van der Waals surface area contributed by atoms with E-state index in [-0.39, 0.29) is 10.6 Å². The molecule has 0 saturated heterocycles. The molecule has 0 bridgehead atoms. The maximum absolute atomic E-state index is 14.0. The van der Waals surface area contributed by atoms with Gasteiger partial charge < -0.3 is 0 Å². The minimum Gasteiger partial charge on any atom is -0.206 e. The summed E-state index contributed by atoms with van der Waals surface area (Å²) in [5.41, 5.74) is 4.46. The molecule has 0 heterocycles. The highest BCUT2D eigenvalue weighted by molar-refractivity contribution is 9.09. The zero-order valence-electron chi connectivity index (χ0n) is 11.0. The Morgan fingerprint density at radius 1 is 1.35 bits per heavy atom. The fourth-order valence-electron chi connectivity index (χ4n) is 2.86. The zero-order chi connectivity index (χ0) is 12.8. The van der Waals surface area contributed by atoms with E-state index in [0.717, 1.165) is 24.0 Å². The van der Waals surface area contributed by atoms with Crippen LogP contribution < -0.4 is 0 Å². The van der Waals surface area contributed by atoms with E-state index in [1.54, 1.807) is 0 Å². The highest BCUT2D eigenvalue weighted by Crippen LogP contribution is 2.45. The largest absolute Gasteiger partial charge is 0.206 e. The Morgan fingerprint density at radius 2 is 2.00 bits per heavy atom. The van der Waals surface area contributed by atoms with Gasteiger partial charge in [0.15, 0.2) is 0 Å². The molecule has 0 aliphatic heterocycles. The van der Waals surface area contributed by atoms with Crippen molar-refractivity contribution in [2.45, 2.75) is 51.8 Å². The molecular weight excluding hydrogens is 279 g/mol. The smallest absolute Gasteiger partial charge is 0.129 e. The molecule has 1 unspecified atom stereocenters. The number of fused-ring (bicyclic) bond motifs is 1. The molecular formula is C15H20BrF. The molecule has 1 aliphatic rings. The van der Waals surface area contributed by atoms with Crippen molar-refractivity contribution in [3.63, 3.8) is 0 Å². The molecule has 1 aliphatic carbocycles. The van der Waals surface area contributed by atoms with E-state index in [0.29, 0.717) is 5.41 Å². The Morgan fingerprint density at radius 3 is 2.65 bits per heavy atom. The van der Waals surface area contributed by atoms with Crippen molar-refractivity contribution in [1.29, 1.82) is 0 Å². The van der Waals surface area contributed by atoms with Gasteiger partial charge in [-0.25, -0.2) is 4.39 Å². The van der Waals surface area contributed by atoms with Gasteiger partial charge in [0, 0.05) is 4.83 Å². The maximum Gasteiger partial charge on any atom is 0.129 e. The second-order valence-electron chi connectivity index (χ2n) is 6.04. The molecule has 17 heavy (non-hydrogen) atoms. The first-order valence-corrected chi connectivity index (χ1v) is 7.16. The number of hydrogen-bond acceptors (Lipinski definition) is 0. The van der Waals surface area contributed by atoms with Crippen LogP contribution in [0.25, 0.3) is 0 Å². The first kappa shape index (κ1) is 13.1. The lowest BCUT2D eigenvalue weighted by Gasteiger charge is -2.24. The van der Waals surface area contributed by atoms with Crippen LogP contribution in [0.1, 0.15) is 53.8 Å². The first-order chi connectivity index (χ1) is 7.82. The van der Waals surface area contributed by atoms with Crippen LogP contribution in [0.3, 0.4) is 0 Å². The molecule has 0 spiro atoms. The topological polar surface area (TPSA) is 0 Å². The summed E-state index contributed by atoms with van der Waals surface area (Å²) < 4.78 is 14.0. The number of aryl methyl sites for hydroxylation is 2. The van der Waals surface area contributed by atoms with Crippen molar-refractivity contribution < 1.29 is 4.39 Å². The van der Waals surface area contributed by atoms with Crippen LogP contribution in [0, 0.1) is 25.1 Å². The Labute approximate surface area is 112 Å². The summed E-state index contributed by atoms with van der Waals surface area (Å²) >= 11 is 3.76.